The first-order chi connectivity index (χ1) is 16.7. The number of carbonyl (C=O) groups is 1. The van der Waals surface area contributed by atoms with Crippen molar-refractivity contribution >= 4 is 5.91 Å². The molecule has 1 atom stereocenters. The zero-order valence-electron chi connectivity index (χ0n) is 20.1. The molecule has 1 aliphatic carbocycles. The van der Waals surface area contributed by atoms with Crippen LogP contribution in [0.25, 0.3) is 0 Å². The maximum absolute atomic E-state index is 13.2. The van der Waals surface area contributed by atoms with E-state index in [-0.39, 0.29) is 22.7 Å². The third-order valence-corrected chi connectivity index (χ3v) is 8.96. The third kappa shape index (κ3) is 4.25. The Bertz CT molecular complexity index is 1020. The van der Waals surface area contributed by atoms with Crippen molar-refractivity contribution in [3.05, 3.63) is 65.2 Å². The molecule has 2 aromatic rings. The molecule has 0 bridgehead atoms. The SMILES string of the molecule is O=C(NCC1(c2ccccc2)CCOCC1)[C@H]1CC12CCN(Cc1ccc3c(c1)CCO3)CC2. The van der Waals surface area contributed by atoms with Gasteiger partial charge in [-0.15, -0.1) is 0 Å². The molecule has 2 aromatic carbocycles. The highest BCUT2D eigenvalue weighted by Crippen LogP contribution is 2.59. The number of ether oxygens (including phenoxy) is 2. The molecular weight excluding hydrogens is 424 g/mol. The molecule has 3 heterocycles. The maximum Gasteiger partial charge on any atom is 0.223 e. The van der Waals surface area contributed by atoms with E-state index in [0.717, 1.165) is 90.3 Å². The molecule has 180 valence electrons. The number of hydrogen-bond donors (Lipinski definition) is 1. The van der Waals surface area contributed by atoms with Crippen LogP contribution in [0.4, 0.5) is 0 Å². The number of rotatable bonds is 6. The van der Waals surface area contributed by atoms with E-state index in [2.05, 4.69) is 58.7 Å². The Morgan fingerprint density at radius 1 is 1.00 bits per heavy atom. The molecule has 0 aromatic heterocycles. The molecule has 6 rings (SSSR count). The molecule has 0 unspecified atom stereocenters. The summed E-state index contributed by atoms with van der Waals surface area (Å²) in [7, 11) is 0. The minimum atomic E-state index is 0.00148. The molecule has 2 saturated heterocycles. The Balaban J connectivity index is 1.02. The number of nitrogens with one attached hydrogen (secondary N) is 1. The fourth-order valence-corrected chi connectivity index (χ4v) is 6.52. The predicted octanol–water partition coefficient (Wildman–Crippen LogP) is 4.09. The summed E-state index contributed by atoms with van der Waals surface area (Å²) >= 11 is 0. The highest BCUT2D eigenvalue weighted by atomic mass is 16.5. The molecule has 4 aliphatic rings. The molecule has 1 saturated carbocycles. The van der Waals surface area contributed by atoms with Crippen LogP contribution in [0, 0.1) is 11.3 Å². The minimum absolute atomic E-state index is 0.00148. The Hall–Kier alpha value is -2.37. The molecule has 3 fully saturated rings. The summed E-state index contributed by atoms with van der Waals surface area (Å²) in [5.74, 6) is 1.52. The number of benzene rings is 2. The summed E-state index contributed by atoms with van der Waals surface area (Å²) in [6.45, 7) is 6.25. The van der Waals surface area contributed by atoms with Crippen LogP contribution in [-0.2, 0) is 27.9 Å². The number of carbonyl (C=O) groups excluding carboxylic acids is 1. The van der Waals surface area contributed by atoms with E-state index in [1.807, 2.05) is 0 Å². The van der Waals surface area contributed by atoms with Crippen molar-refractivity contribution in [3.8, 4) is 5.75 Å². The third-order valence-electron chi connectivity index (χ3n) is 8.96. The van der Waals surface area contributed by atoms with Crippen LogP contribution in [0.15, 0.2) is 48.5 Å². The monoisotopic (exact) mass is 460 g/mol. The Labute approximate surface area is 202 Å². The van der Waals surface area contributed by atoms with Crippen molar-refractivity contribution in [2.75, 3.05) is 39.5 Å². The molecule has 34 heavy (non-hydrogen) atoms. The molecule has 3 aliphatic heterocycles. The quantitative estimate of drug-likeness (QED) is 0.706. The normalized spacial score (nSPS) is 24.9. The second-order valence-corrected chi connectivity index (χ2v) is 10.9. The second kappa shape index (κ2) is 9.01. The largest absolute Gasteiger partial charge is 0.493 e. The van der Waals surface area contributed by atoms with E-state index in [0.29, 0.717) is 0 Å². The second-order valence-electron chi connectivity index (χ2n) is 10.9. The summed E-state index contributed by atoms with van der Waals surface area (Å²) in [6, 6.07) is 17.3. The summed E-state index contributed by atoms with van der Waals surface area (Å²) < 4.78 is 11.3. The number of hydrogen-bond acceptors (Lipinski definition) is 4. The van der Waals surface area contributed by atoms with Crippen molar-refractivity contribution in [1.82, 2.24) is 10.2 Å². The first kappa shape index (κ1) is 22.1. The van der Waals surface area contributed by atoms with Crippen molar-refractivity contribution < 1.29 is 14.3 Å². The Morgan fingerprint density at radius 2 is 1.79 bits per heavy atom. The van der Waals surface area contributed by atoms with Crippen LogP contribution in [0.2, 0.25) is 0 Å². The van der Waals surface area contributed by atoms with E-state index in [4.69, 9.17) is 9.47 Å². The Morgan fingerprint density at radius 3 is 2.59 bits per heavy atom. The lowest BCUT2D eigenvalue weighted by atomic mass is 9.74. The van der Waals surface area contributed by atoms with E-state index in [1.54, 1.807) is 0 Å². The van der Waals surface area contributed by atoms with E-state index < -0.39 is 0 Å². The van der Waals surface area contributed by atoms with Gasteiger partial charge in [0, 0.05) is 44.1 Å². The smallest absolute Gasteiger partial charge is 0.223 e. The molecule has 5 heteroatoms. The van der Waals surface area contributed by atoms with Crippen molar-refractivity contribution in [2.24, 2.45) is 11.3 Å². The standard InChI is InChI=1S/C29H36N2O3/c32-27(30-21-29(11-16-33-17-12-29)24-4-2-1-3-5-24)25-19-28(25)9-13-31(14-10-28)20-22-6-7-26-23(18-22)8-15-34-26/h1-7,18,25H,8-17,19-21H2,(H,30,32)/t25-/m1/s1. The van der Waals surface area contributed by atoms with Crippen LogP contribution >= 0.6 is 0 Å². The van der Waals surface area contributed by atoms with Gasteiger partial charge in [0.25, 0.3) is 0 Å². The minimum Gasteiger partial charge on any atom is -0.493 e. The van der Waals surface area contributed by atoms with Gasteiger partial charge >= 0.3 is 0 Å². The maximum atomic E-state index is 13.2. The lowest BCUT2D eigenvalue weighted by molar-refractivity contribution is -0.124. The fraction of sp³-hybridized carbons (Fsp3) is 0.552. The number of nitrogens with zero attached hydrogens (tertiary/aromatic N) is 1. The topological polar surface area (TPSA) is 50.8 Å². The highest BCUT2D eigenvalue weighted by molar-refractivity contribution is 5.82. The summed E-state index contributed by atoms with van der Waals surface area (Å²) in [4.78, 5) is 15.8. The van der Waals surface area contributed by atoms with Gasteiger partial charge in [0.15, 0.2) is 0 Å². The zero-order valence-corrected chi connectivity index (χ0v) is 20.1. The van der Waals surface area contributed by atoms with Crippen LogP contribution < -0.4 is 10.1 Å². The van der Waals surface area contributed by atoms with E-state index in [1.165, 1.54) is 16.7 Å². The molecule has 5 nitrogen and oxygen atoms in total. The number of piperidine rings is 1. The average molecular weight is 461 g/mol. The van der Waals surface area contributed by atoms with Gasteiger partial charge in [-0.05, 0) is 73.4 Å². The van der Waals surface area contributed by atoms with Crippen molar-refractivity contribution in [1.29, 1.82) is 0 Å². The molecule has 1 N–H and O–H groups in total. The van der Waals surface area contributed by atoms with Crippen LogP contribution in [0.5, 0.6) is 5.75 Å². The number of likely N-dealkylation sites (tertiary alicyclic amines) is 1. The summed E-state index contributed by atoms with van der Waals surface area (Å²) in [6.07, 6.45) is 6.30. The first-order valence-electron chi connectivity index (χ1n) is 13.0. The summed E-state index contributed by atoms with van der Waals surface area (Å²) in [5.41, 5.74) is 4.30. The van der Waals surface area contributed by atoms with Gasteiger partial charge < -0.3 is 14.8 Å². The first-order valence-corrected chi connectivity index (χ1v) is 13.0. The Kier molecular flexibility index (Phi) is 5.86. The van der Waals surface area contributed by atoms with Gasteiger partial charge in [0.1, 0.15) is 5.75 Å². The van der Waals surface area contributed by atoms with Crippen molar-refractivity contribution in [3.63, 3.8) is 0 Å². The van der Waals surface area contributed by atoms with Gasteiger partial charge in [-0.25, -0.2) is 0 Å². The number of fused-ring (bicyclic) bond motifs is 1. The van der Waals surface area contributed by atoms with Crippen LogP contribution in [-0.4, -0.2) is 50.3 Å². The zero-order chi connectivity index (χ0) is 23.0. The van der Waals surface area contributed by atoms with Gasteiger partial charge in [-0.3, -0.25) is 9.69 Å². The van der Waals surface area contributed by atoms with Gasteiger partial charge in [0.05, 0.1) is 6.61 Å². The van der Waals surface area contributed by atoms with Crippen LogP contribution in [0.3, 0.4) is 0 Å². The van der Waals surface area contributed by atoms with E-state index in [9.17, 15) is 4.79 Å². The number of amides is 1. The van der Waals surface area contributed by atoms with E-state index >= 15 is 0 Å². The van der Waals surface area contributed by atoms with Gasteiger partial charge in [0.2, 0.25) is 5.91 Å². The lowest BCUT2D eigenvalue weighted by Crippen LogP contribution is -2.45. The lowest BCUT2D eigenvalue weighted by Gasteiger charge is -2.38. The fourth-order valence-electron chi connectivity index (χ4n) is 6.52. The van der Waals surface area contributed by atoms with Crippen LogP contribution in [0.1, 0.15) is 48.8 Å². The average Bonchev–Trinajstić information content (AvgIpc) is 3.38. The molecule has 1 amide bonds. The van der Waals surface area contributed by atoms with Gasteiger partial charge in [-0.2, -0.15) is 0 Å². The summed E-state index contributed by atoms with van der Waals surface area (Å²) in [5, 5.41) is 3.38. The van der Waals surface area contributed by atoms with Gasteiger partial charge in [-0.1, -0.05) is 42.5 Å². The molecular formula is C29H36N2O3. The molecule has 0 radical (unpaired) electrons. The van der Waals surface area contributed by atoms with Crippen molar-refractivity contribution in [2.45, 2.75) is 50.5 Å². The molecule has 1 spiro atoms. The predicted molar refractivity (Wildman–Crippen MR) is 132 cm³/mol. The highest BCUT2D eigenvalue weighted by Gasteiger charge is 2.58.